The number of nitrogens with one attached hydrogen (secondary N) is 1. The first kappa shape index (κ1) is 15.1. The van der Waals surface area contributed by atoms with E-state index in [1.807, 2.05) is 0 Å². The number of anilines is 1. The topological polar surface area (TPSA) is 29.9 Å². The summed E-state index contributed by atoms with van der Waals surface area (Å²) in [5, 5.41) is 8.63. The van der Waals surface area contributed by atoms with E-state index in [2.05, 4.69) is 55.9 Å². The highest BCUT2D eigenvalue weighted by Crippen LogP contribution is 2.30. The van der Waals surface area contributed by atoms with Gasteiger partial charge in [-0.3, -0.25) is 0 Å². The molecule has 0 saturated carbocycles. The fourth-order valence-electron chi connectivity index (χ4n) is 3.26. The van der Waals surface area contributed by atoms with Gasteiger partial charge in [-0.1, -0.05) is 26.0 Å². The molecule has 0 atom stereocenters. The lowest BCUT2D eigenvalue weighted by molar-refractivity contribution is 0.621. The average molecular weight is 297 g/mol. The van der Waals surface area contributed by atoms with Gasteiger partial charge in [0.05, 0.1) is 11.4 Å². The summed E-state index contributed by atoms with van der Waals surface area (Å²) in [5.74, 6) is 1.86. The molecule has 0 radical (unpaired) electrons. The molecule has 3 rings (SSSR count). The van der Waals surface area contributed by atoms with Crippen molar-refractivity contribution >= 4 is 5.82 Å². The van der Waals surface area contributed by atoms with Crippen LogP contribution in [0.4, 0.5) is 5.82 Å². The van der Waals surface area contributed by atoms with E-state index >= 15 is 0 Å². The highest BCUT2D eigenvalue weighted by molar-refractivity contribution is 5.57. The van der Waals surface area contributed by atoms with Gasteiger partial charge in [0, 0.05) is 12.1 Å². The molecule has 3 nitrogen and oxygen atoms in total. The van der Waals surface area contributed by atoms with E-state index in [0.717, 1.165) is 19.4 Å². The quantitative estimate of drug-likeness (QED) is 0.908. The maximum Gasteiger partial charge on any atom is 0.133 e. The van der Waals surface area contributed by atoms with E-state index in [1.165, 1.54) is 46.7 Å². The Hall–Kier alpha value is -1.77. The summed E-state index contributed by atoms with van der Waals surface area (Å²) in [5.41, 5.74) is 6.56. The third kappa shape index (κ3) is 2.77. The summed E-state index contributed by atoms with van der Waals surface area (Å²) < 4.78 is 2.15. The Balaban J connectivity index is 2.15. The molecule has 1 aromatic carbocycles. The highest BCUT2D eigenvalue weighted by Gasteiger charge is 2.21. The van der Waals surface area contributed by atoms with Crippen molar-refractivity contribution in [2.75, 3.05) is 11.9 Å². The van der Waals surface area contributed by atoms with Crippen molar-refractivity contribution in [2.24, 2.45) is 5.92 Å². The van der Waals surface area contributed by atoms with Gasteiger partial charge in [0.15, 0.2) is 0 Å². The van der Waals surface area contributed by atoms with Crippen LogP contribution in [0.25, 0.3) is 5.69 Å². The van der Waals surface area contributed by atoms with E-state index in [1.54, 1.807) is 0 Å². The minimum atomic E-state index is 0.634. The van der Waals surface area contributed by atoms with Gasteiger partial charge >= 0.3 is 0 Å². The van der Waals surface area contributed by atoms with Crippen LogP contribution < -0.4 is 5.32 Å². The van der Waals surface area contributed by atoms with Crippen molar-refractivity contribution in [1.82, 2.24) is 9.78 Å². The van der Waals surface area contributed by atoms with Crippen LogP contribution in [-0.4, -0.2) is 16.3 Å². The van der Waals surface area contributed by atoms with Gasteiger partial charge in [0.25, 0.3) is 0 Å². The fraction of sp³-hybridized carbons (Fsp3) is 0.526. The number of fused-ring (bicyclic) bond motifs is 1. The molecule has 1 aromatic heterocycles. The van der Waals surface area contributed by atoms with Crippen molar-refractivity contribution in [3.8, 4) is 5.69 Å². The largest absolute Gasteiger partial charge is 0.370 e. The van der Waals surface area contributed by atoms with Gasteiger partial charge in [-0.25, -0.2) is 4.68 Å². The summed E-state index contributed by atoms with van der Waals surface area (Å²) in [4.78, 5) is 0. The second-order valence-corrected chi connectivity index (χ2v) is 6.89. The van der Waals surface area contributed by atoms with Crippen LogP contribution in [0.3, 0.4) is 0 Å². The Labute approximate surface area is 133 Å². The predicted molar refractivity (Wildman–Crippen MR) is 93.0 cm³/mol. The lowest BCUT2D eigenvalue weighted by Crippen LogP contribution is -2.08. The molecule has 2 aromatic rings. The molecule has 0 bridgehead atoms. The average Bonchev–Trinajstić information content (AvgIpc) is 2.66. The summed E-state index contributed by atoms with van der Waals surface area (Å²) in [7, 11) is 0. The van der Waals surface area contributed by atoms with Gasteiger partial charge in [-0.15, -0.1) is 0 Å². The molecule has 0 saturated heterocycles. The number of aromatic nitrogens is 2. The van der Waals surface area contributed by atoms with Gasteiger partial charge in [0.1, 0.15) is 5.82 Å². The third-order valence-corrected chi connectivity index (χ3v) is 4.62. The van der Waals surface area contributed by atoms with Crippen LogP contribution in [0.1, 0.15) is 49.1 Å². The molecule has 1 N–H and O–H groups in total. The molecule has 0 amide bonds. The Kier molecular flexibility index (Phi) is 4.23. The first-order chi connectivity index (χ1) is 10.6. The smallest absolute Gasteiger partial charge is 0.133 e. The molecular weight excluding hydrogens is 270 g/mol. The molecule has 0 aliphatic carbocycles. The monoisotopic (exact) mass is 297 g/mol. The molecule has 0 unspecified atom stereocenters. The lowest BCUT2D eigenvalue weighted by atomic mass is 10.0. The zero-order valence-electron chi connectivity index (χ0n) is 14.2. The Morgan fingerprint density at radius 1 is 1.23 bits per heavy atom. The van der Waals surface area contributed by atoms with Crippen LogP contribution in [0, 0.1) is 19.8 Å². The predicted octanol–water partition coefficient (Wildman–Crippen LogP) is 4.44. The number of nitrogens with zero attached hydrogens (tertiary/aromatic N) is 2. The molecule has 22 heavy (non-hydrogen) atoms. The minimum Gasteiger partial charge on any atom is -0.370 e. The Morgan fingerprint density at radius 2 is 2.05 bits per heavy atom. The van der Waals surface area contributed by atoms with Crippen LogP contribution >= 0.6 is 0 Å². The second kappa shape index (κ2) is 6.15. The summed E-state index contributed by atoms with van der Waals surface area (Å²) in [6, 6.07) is 6.48. The summed E-state index contributed by atoms with van der Waals surface area (Å²) >= 11 is 0. The number of benzene rings is 1. The number of hydrogen-bond donors (Lipinski definition) is 1. The molecule has 118 valence electrons. The van der Waals surface area contributed by atoms with Crippen molar-refractivity contribution in [1.29, 1.82) is 0 Å². The Bertz CT molecular complexity index is 668. The van der Waals surface area contributed by atoms with Crippen LogP contribution in [-0.2, 0) is 12.8 Å². The summed E-state index contributed by atoms with van der Waals surface area (Å²) in [6.45, 7) is 9.95. The third-order valence-electron chi connectivity index (χ3n) is 4.62. The standard InChI is InChI=1S/C19H27N3/c1-13(2)12-17-16-9-5-6-11-20-19(16)22(21-17)18-10-7-8-14(3)15(18)4/h7-8,10,13,20H,5-6,9,11-12H2,1-4H3. The van der Waals surface area contributed by atoms with E-state index in [-0.39, 0.29) is 0 Å². The van der Waals surface area contributed by atoms with Crippen LogP contribution in [0.15, 0.2) is 18.2 Å². The second-order valence-electron chi connectivity index (χ2n) is 6.89. The van der Waals surface area contributed by atoms with Crippen molar-refractivity contribution in [3.05, 3.63) is 40.6 Å². The van der Waals surface area contributed by atoms with Gasteiger partial charge in [0.2, 0.25) is 0 Å². The minimum absolute atomic E-state index is 0.634. The van der Waals surface area contributed by atoms with Crippen molar-refractivity contribution in [3.63, 3.8) is 0 Å². The normalized spacial score (nSPS) is 14.6. The Morgan fingerprint density at radius 3 is 2.82 bits per heavy atom. The molecule has 1 aliphatic heterocycles. The number of hydrogen-bond acceptors (Lipinski definition) is 2. The SMILES string of the molecule is Cc1cccc(-n2nc(CC(C)C)c3c2NCCCC3)c1C. The number of rotatable bonds is 3. The van der Waals surface area contributed by atoms with E-state index in [9.17, 15) is 0 Å². The lowest BCUT2D eigenvalue weighted by Gasteiger charge is -2.13. The van der Waals surface area contributed by atoms with Crippen LogP contribution in [0.2, 0.25) is 0 Å². The fourth-order valence-corrected chi connectivity index (χ4v) is 3.26. The molecule has 3 heteroatoms. The van der Waals surface area contributed by atoms with E-state index in [4.69, 9.17) is 5.10 Å². The molecule has 0 fully saturated rings. The molecular formula is C19H27N3. The zero-order chi connectivity index (χ0) is 15.7. The van der Waals surface area contributed by atoms with Crippen molar-refractivity contribution in [2.45, 2.75) is 53.4 Å². The number of aryl methyl sites for hydroxylation is 1. The first-order valence-corrected chi connectivity index (χ1v) is 8.49. The first-order valence-electron chi connectivity index (χ1n) is 8.49. The van der Waals surface area contributed by atoms with E-state index in [0.29, 0.717) is 5.92 Å². The maximum absolute atomic E-state index is 5.00. The van der Waals surface area contributed by atoms with Crippen molar-refractivity contribution < 1.29 is 0 Å². The highest BCUT2D eigenvalue weighted by atomic mass is 15.3. The molecule has 0 spiro atoms. The molecule has 1 aliphatic rings. The maximum atomic E-state index is 5.00. The van der Waals surface area contributed by atoms with Gasteiger partial charge in [-0.05, 0) is 62.6 Å². The zero-order valence-corrected chi connectivity index (χ0v) is 14.2. The molecule has 2 heterocycles. The summed E-state index contributed by atoms with van der Waals surface area (Å²) in [6.07, 6.45) is 4.70. The van der Waals surface area contributed by atoms with Gasteiger partial charge < -0.3 is 5.32 Å². The van der Waals surface area contributed by atoms with E-state index < -0.39 is 0 Å². The van der Waals surface area contributed by atoms with Crippen LogP contribution in [0.5, 0.6) is 0 Å². The van der Waals surface area contributed by atoms with Gasteiger partial charge in [-0.2, -0.15) is 5.10 Å².